The van der Waals surface area contributed by atoms with Gasteiger partial charge in [-0.2, -0.15) is 0 Å². The number of rotatable bonds is 0. The molecule has 0 rings (SSSR count). The van der Waals surface area contributed by atoms with Gasteiger partial charge in [-0.1, -0.05) is 41.5 Å². The van der Waals surface area contributed by atoms with Crippen LogP contribution >= 0.6 is 0 Å². The summed E-state index contributed by atoms with van der Waals surface area (Å²) in [6, 6.07) is 0. The summed E-state index contributed by atoms with van der Waals surface area (Å²) >= 11 is 0. The van der Waals surface area contributed by atoms with Crippen LogP contribution in [0.3, 0.4) is 0 Å². The molecular formula is C8H18NZr-. The van der Waals surface area contributed by atoms with Crippen molar-refractivity contribution >= 4 is 0 Å². The standard InChI is InChI=1S/C8H18N.Zr/c1-7(2,3)9-8(4,5)6;/h1-6H3;/q-1;. The normalized spacial score (nSPS) is 12.6. The molecule has 0 aromatic heterocycles. The Morgan fingerprint density at radius 1 is 0.700 bits per heavy atom. The van der Waals surface area contributed by atoms with Crippen molar-refractivity contribution in [3.63, 3.8) is 0 Å². The van der Waals surface area contributed by atoms with E-state index < -0.39 is 0 Å². The molecule has 10 heavy (non-hydrogen) atoms. The fourth-order valence-electron chi connectivity index (χ4n) is 1.01. The molecule has 0 radical (unpaired) electrons. The largest absolute Gasteiger partial charge is 0.653 e. The maximum atomic E-state index is 4.54. The Balaban J connectivity index is 0. The molecule has 0 aliphatic heterocycles. The molecule has 0 saturated heterocycles. The zero-order chi connectivity index (χ0) is 7.71. The molecule has 2 heteroatoms. The van der Waals surface area contributed by atoms with Crippen LogP contribution in [0.4, 0.5) is 0 Å². The molecule has 0 fully saturated rings. The molecule has 0 aromatic carbocycles. The molecule has 0 unspecified atom stereocenters. The second kappa shape index (κ2) is 4.02. The molecule has 1 nitrogen and oxygen atoms in total. The summed E-state index contributed by atoms with van der Waals surface area (Å²) in [6.45, 7) is 12.7. The Labute approximate surface area is 84.1 Å². The number of nitrogens with zero attached hydrogens (tertiary/aromatic N) is 1. The van der Waals surface area contributed by atoms with E-state index in [4.69, 9.17) is 0 Å². The first-order chi connectivity index (χ1) is 3.71. The summed E-state index contributed by atoms with van der Waals surface area (Å²) < 4.78 is 0. The molecular weight excluding hydrogens is 201 g/mol. The average molecular weight is 219 g/mol. The van der Waals surface area contributed by atoms with Crippen LogP contribution in [0, 0.1) is 0 Å². The van der Waals surface area contributed by atoms with E-state index in [0.29, 0.717) is 0 Å². The average Bonchev–Trinajstić information content (AvgIpc) is 1.14. The topological polar surface area (TPSA) is 14.1 Å². The van der Waals surface area contributed by atoms with Crippen LogP contribution in [0.1, 0.15) is 41.5 Å². The number of hydrogen-bond acceptors (Lipinski definition) is 0. The Morgan fingerprint density at radius 3 is 0.900 bits per heavy atom. The van der Waals surface area contributed by atoms with Crippen LogP contribution in [0.15, 0.2) is 0 Å². The van der Waals surface area contributed by atoms with E-state index in [2.05, 4.69) is 46.9 Å². The maximum absolute atomic E-state index is 4.54. The quantitative estimate of drug-likeness (QED) is 0.595. The minimum Gasteiger partial charge on any atom is -0.653 e. The van der Waals surface area contributed by atoms with E-state index >= 15 is 0 Å². The van der Waals surface area contributed by atoms with Crippen LogP contribution in [0.5, 0.6) is 0 Å². The van der Waals surface area contributed by atoms with Crippen LogP contribution in [0.25, 0.3) is 5.32 Å². The molecule has 0 aromatic rings. The molecule has 60 valence electrons. The van der Waals surface area contributed by atoms with Gasteiger partial charge in [-0.3, -0.25) is 0 Å². The zero-order valence-electron chi connectivity index (χ0n) is 7.95. The van der Waals surface area contributed by atoms with E-state index in [1.807, 2.05) is 0 Å². The van der Waals surface area contributed by atoms with Crippen molar-refractivity contribution < 1.29 is 26.2 Å². The summed E-state index contributed by atoms with van der Waals surface area (Å²) in [4.78, 5) is 0. The molecule has 0 amide bonds. The molecule has 0 saturated carbocycles. The van der Waals surface area contributed by atoms with Gasteiger partial charge in [-0.25, -0.2) is 0 Å². The second-order valence-electron chi connectivity index (χ2n) is 4.45. The van der Waals surface area contributed by atoms with Gasteiger partial charge in [0.15, 0.2) is 0 Å². The third-order valence-electron chi connectivity index (χ3n) is 0.671. The van der Waals surface area contributed by atoms with Gasteiger partial charge in [0, 0.05) is 26.2 Å². The SMILES string of the molecule is CC(C)(C)[N-]C(C)(C)C.[Zr]. The van der Waals surface area contributed by atoms with E-state index in [-0.39, 0.29) is 37.3 Å². The minimum atomic E-state index is 0. The van der Waals surface area contributed by atoms with Gasteiger partial charge in [-0.15, -0.1) is 11.1 Å². The first kappa shape index (κ1) is 13.4. The predicted molar refractivity (Wildman–Crippen MR) is 42.9 cm³/mol. The maximum Gasteiger partial charge on any atom is 0 e. The summed E-state index contributed by atoms with van der Waals surface area (Å²) in [5.41, 5.74) is 0.219. The third kappa shape index (κ3) is 11.6. The van der Waals surface area contributed by atoms with E-state index in [0.717, 1.165) is 0 Å². The second-order valence-corrected chi connectivity index (χ2v) is 4.45. The molecule has 0 N–H and O–H groups in total. The van der Waals surface area contributed by atoms with Crippen molar-refractivity contribution in [1.82, 2.24) is 0 Å². The van der Waals surface area contributed by atoms with Gasteiger partial charge in [0.25, 0.3) is 0 Å². The summed E-state index contributed by atoms with van der Waals surface area (Å²) in [6.07, 6.45) is 0. The first-order valence-corrected chi connectivity index (χ1v) is 3.45. The van der Waals surface area contributed by atoms with E-state index in [9.17, 15) is 0 Å². The van der Waals surface area contributed by atoms with Gasteiger partial charge < -0.3 is 5.32 Å². The van der Waals surface area contributed by atoms with Crippen molar-refractivity contribution in [3.8, 4) is 0 Å². The smallest absolute Gasteiger partial charge is 0 e. The van der Waals surface area contributed by atoms with Crippen molar-refractivity contribution in [3.05, 3.63) is 5.32 Å². The van der Waals surface area contributed by atoms with Crippen molar-refractivity contribution in [2.45, 2.75) is 52.6 Å². The van der Waals surface area contributed by atoms with Gasteiger partial charge >= 0.3 is 0 Å². The Morgan fingerprint density at radius 2 is 0.900 bits per heavy atom. The Hall–Kier alpha value is 0.843. The summed E-state index contributed by atoms with van der Waals surface area (Å²) in [5.74, 6) is 0. The van der Waals surface area contributed by atoms with Crippen LogP contribution in [0.2, 0.25) is 0 Å². The Kier molecular flexibility index (Phi) is 5.40. The predicted octanol–water partition coefficient (Wildman–Crippen LogP) is 2.95. The van der Waals surface area contributed by atoms with Gasteiger partial charge in [0.1, 0.15) is 0 Å². The van der Waals surface area contributed by atoms with Crippen molar-refractivity contribution in [2.75, 3.05) is 0 Å². The van der Waals surface area contributed by atoms with Gasteiger partial charge in [0.05, 0.1) is 0 Å². The minimum absolute atomic E-state index is 0. The molecule has 0 atom stereocenters. The van der Waals surface area contributed by atoms with Gasteiger partial charge in [-0.05, 0) is 0 Å². The van der Waals surface area contributed by atoms with Crippen LogP contribution in [-0.4, -0.2) is 11.1 Å². The molecule has 0 heterocycles. The fourth-order valence-corrected chi connectivity index (χ4v) is 1.01. The van der Waals surface area contributed by atoms with E-state index in [1.54, 1.807) is 0 Å². The Bertz CT molecular complexity index is 74.4. The summed E-state index contributed by atoms with van der Waals surface area (Å²) in [7, 11) is 0. The van der Waals surface area contributed by atoms with Crippen molar-refractivity contribution in [1.29, 1.82) is 0 Å². The molecule has 0 bridgehead atoms. The van der Waals surface area contributed by atoms with Crippen molar-refractivity contribution in [2.24, 2.45) is 0 Å². The zero-order valence-corrected chi connectivity index (χ0v) is 10.4. The van der Waals surface area contributed by atoms with Crippen LogP contribution < -0.4 is 0 Å². The monoisotopic (exact) mass is 218 g/mol. The molecule has 0 aliphatic carbocycles. The van der Waals surface area contributed by atoms with Crippen LogP contribution in [-0.2, 0) is 26.2 Å². The summed E-state index contributed by atoms with van der Waals surface area (Å²) in [5, 5.41) is 4.54. The molecule has 0 spiro atoms. The van der Waals surface area contributed by atoms with Gasteiger partial charge in [0.2, 0.25) is 0 Å². The van der Waals surface area contributed by atoms with E-state index in [1.165, 1.54) is 0 Å². The fraction of sp³-hybridized carbons (Fsp3) is 1.00. The third-order valence-corrected chi connectivity index (χ3v) is 0.671. The number of hydrogen-bond donors (Lipinski definition) is 0. The molecule has 0 aliphatic rings. The first-order valence-electron chi connectivity index (χ1n) is 3.45.